The van der Waals surface area contributed by atoms with E-state index >= 15 is 0 Å². The zero-order chi connectivity index (χ0) is 14.4. The number of para-hydroxylation sites is 1. The number of nitrogens with zero attached hydrogens (tertiary/aromatic N) is 1. The zero-order valence-electron chi connectivity index (χ0n) is 11.1. The summed E-state index contributed by atoms with van der Waals surface area (Å²) in [4.78, 5) is 0. The summed E-state index contributed by atoms with van der Waals surface area (Å²) in [6.07, 6.45) is 3.02. The van der Waals surface area contributed by atoms with Crippen LogP contribution in [0.4, 0.5) is 0 Å². The molecule has 0 spiro atoms. The van der Waals surface area contributed by atoms with Gasteiger partial charge in [-0.05, 0) is 25.1 Å². The van der Waals surface area contributed by atoms with Crippen molar-refractivity contribution >= 4 is 23.8 Å². The first kappa shape index (κ1) is 14.6. The quantitative estimate of drug-likeness (QED) is 0.831. The third kappa shape index (κ3) is 4.11. The molecule has 0 aliphatic carbocycles. The van der Waals surface area contributed by atoms with Gasteiger partial charge in [-0.1, -0.05) is 23.4 Å². The van der Waals surface area contributed by atoms with Crippen LogP contribution >= 0.6 is 11.6 Å². The number of aliphatic hydroxyl groups is 1. The Hall–Kier alpha value is -1.78. The van der Waals surface area contributed by atoms with Gasteiger partial charge in [-0.2, -0.15) is 0 Å². The molecule has 0 aliphatic rings. The van der Waals surface area contributed by atoms with Crippen molar-refractivity contribution in [3.63, 3.8) is 0 Å². The standard InChI is InChI=1S/C15H16ClNO3/c1-11-8-14(20-17-11)7-6-12-4-2-3-5-15(12)19-10-13(18)9-16/h2-8,13,18H,9-10H2,1H3/b7-6+. The minimum absolute atomic E-state index is 0.148. The van der Waals surface area contributed by atoms with Crippen LogP contribution in [0.3, 0.4) is 0 Å². The maximum Gasteiger partial charge on any atom is 0.159 e. The molecule has 0 amide bonds. The van der Waals surface area contributed by atoms with E-state index in [1.54, 1.807) is 0 Å². The number of halogens is 1. The first-order valence-corrected chi connectivity index (χ1v) is 6.79. The van der Waals surface area contributed by atoms with Gasteiger partial charge in [-0.15, -0.1) is 11.6 Å². The highest BCUT2D eigenvalue weighted by Crippen LogP contribution is 2.21. The van der Waals surface area contributed by atoms with Crippen LogP contribution in [0.15, 0.2) is 34.9 Å². The fourth-order valence-electron chi connectivity index (χ4n) is 1.61. The number of aryl methyl sites for hydroxylation is 1. The summed E-state index contributed by atoms with van der Waals surface area (Å²) >= 11 is 5.54. The largest absolute Gasteiger partial charge is 0.490 e. The van der Waals surface area contributed by atoms with E-state index in [0.717, 1.165) is 11.3 Å². The van der Waals surface area contributed by atoms with Crippen LogP contribution in [0, 0.1) is 6.92 Å². The number of hydrogen-bond acceptors (Lipinski definition) is 4. The Labute approximate surface area is 122 Å². The van der Waals surface area contributed by atoms with E-state index in [0.29, 0.717) is 11.5 Å². The average molecular weight is 294 g/mol. The Morgan fingerprint density at radius 1 is 1.40 bits per heavy atom. The number of rotatable bonds is 6. The van der Waals surface area contributed by atoms with Crippen molar-refractivity contribution in [1.82, 2.24) is 5.16 Å². The van der Waals surface area contributed by atoms with E-state index in [4.69, 9.17) is 20.9 Å². The second kappa shape index (κ2) is 7.12. The molecule has 0 radical (unpaired) electrons. The van der Waals surface area contributed by atoms with E-state index in [1.807, 2.05) is 49.4 Å². The van der Waals surface area contributed by atoms with Gasteiger partial charge < -0.3 is 14.4 Å². The fraction of sp³-hybridized carbons (Fsp3) is 0.267. The minimum Gasteiger partial charge on any atom is -0.490 e. The lowest BCUT2D eigenvalue weighted by Crippen LogP contribution is -2.19. The Morgan fingerprint density at radius 2 is 2.20 bits per heavy atom. The molecule has 0 bridgehead atoms. The molecule has 1 unspecified atom stereocenters. The van der Waals surface area contributed by atoms with Gasteiger partial charge >= 0.3 is 0 Å². The highest BCUT2D eigenvalue weighted by Gasteiger charge is 2.05. The topological polar surface area (TPSA) is 55.5 Å². The number of alkyl halides is 1. The summed E-state index contributed by atoms with van der Waals surface area (Å²) < 4.78 is 10.7. The van der Waals surface area contributed by atoms with E-state index in [1.165, 1.54) is 0 Å². The van der Waals surface area contributed by atoms with Gasteiger partial charge in [0, 0.05) is 11.6 Å². The van der Waals surface area contributed by atoms with Crippen LogP contribution in [0.25, 0.3) is 12.2 Å². The lowest BCUT2D eigenvalue weighted by Gasteiger charge is -2.11. The van der Waals surface area contributed by atoms with Crippen LogP contribution in [0.1, 0.15) is 17.0 Å². The van der Waals surface area contributed by atoms with E-state index in [2.05, 4.69) is 5.16 Å². The van der Waals surface area contributed by atoms with Crippen molar-refractivity contribution in [1.29, 1.82) is 0 Å². The van der Waals surface area contributed by atoms with Gasteiger partial charge in [0.15, 0.2) is 5.76 Å². The molecule has 0 saturated heterocycles. The van der Waals surface area contributed by atoms with Gasteiger partial charge in [-0.25, -0.2) is 0 Å². The third-order valence-electron chi connectivity index (χ3n) is 2.60. The molecule has 0 saturated carbocycles. The Bertz CT molecular complexity index is 580. The minimum atomic E-state index is -0.675. The van der Waals surface area contributed by atoms with Gasteiger partial charge in [0.05, 0.1) is 11.6 Å². The molecule has 1 aromatic carbocycles. The number of aliphatic hydroxyl groups excluding tert-OH is 1. The summed E-state index contributed by atoms with van der Waals surface area (Å²) in [5.74, 6) is 1.51. The SMILES string of the molecule is Cc1cc(/C=C/c2ccccc2OCC(O)CCl)on1. The molecule has 0 aliphatic heterocycles. The first-order valence-electron chi connectivity index (χ1n) is 6.26. The molecule has 4 nitrogen and oxygen atoms in total. The average Bonchev–Trinajstić information content (AvgIpc) is 2.89. The van der Waals surface area contributed by atoms with Crippen LogP contribution in [-0.4, -0.2) is 28.9 Å². The van der Waals surface area contributed by atoms with E-state index in [-0.39, 0.29) is 12.5 Å². The van der Waals surface area contributed by atoms with Gasteiger partial charge in [0.1, 0.15) is 18.5 Å². The van der Waals surface area contributed by atoms with Crippen molar-refractivity contribution in [2.75, 3.05) is 12.5 Å². The van der Waals surface area contributed by atoms with Gasteiger partial charge in [-0.3, -0.25) is 0 Å². The first-order chi connectivity index (χ1) is 9.69. The molecule has 1 heterocycles. The van der Waals surface area contributed by atoms with E-state index in [9.17, 15) is 5.11 Å². The van der Waals surface area contributed by atoms with Crippen molar-refractivity contribution in [3.8, 4) is 5.75 Å². The molecule has 2 rings (SSSR count). The Morgan fingerprint density at radius 3 is 2.90 bits per heavy atom. The fourth-order valence-corrected chi connectivity index (χ4v) is 1.70. The van der Waals surface area contributed by atoms with Crippen LogP contribution in [0.2, 0.25) is 0 Å². The molecule has 1 atom stereocenters. The number of benzene rings is 1. The highest BCUT2D eigenvalue weighted by molar-refractivity contribution is 6.18. The summed E-state index contributed by atoms with van der Waals surface area (Å²) in [6, 6.07) is 9.39. The summed E-state index contributed by atoms with van der Waals surface area (Å²) in [5.41, 5.74) is 1.72. The highest BCUT2D eigenvalue weighted by atomic mass is 35.5. The lowest BCUT2D eigenvalue weighted by molar-refractivity contribution is 0.125. The molecule has 0 fully saturated rings. The third-order valence-corrected chi connectivity index (χ3v) is 2.96. The molecule has 5 heteroatoms. The summed E-state index contributed by atoms with van der Waals surface area (Å²) in [7, 11) is 0. The van der Waals surface area contributed by atoms with E-state index < -0.39 is 6.10 Å². The predicted molar refractivity (Wildman–Crippen MR) is 78.8 cm³/mol. The molecule has 2 aromatic rings. The maximum absolute atomic E-state index is 9.42. The van der Waals surface area contributed by atoms with Crippen molar-refractivity contribution in [2.45, 2.75) is 13.0 Å². The number of hydrogen-bond donors (Lipinski definition) is 1. The summed E-state index contributed by atoms with van der Waals surface area (Å²) in [6.45, 7) is 2.03. The van der Waals surface area contributed by atoms with Crippen LogP contribution in [0.5, 0.6) is 5.75 Å². The maximum atomic E-state index is 9.42. The Kier molecular flexibility index (Phi) is 5.21. The van der Waals surface area contributed by atoms with Crippen LogP contribution in [-0.2, 0) is 0 Å². The van der Waals surface area contributed by atoms with Crippen molar-refractivity contribution in [2.24, 2.45) is 0 Å². The zero-order valence-corrected chi connectivity index (χ0v) is 11.9. The monoisotopic (exact) mass is 293 g/mol. The number of aromatic nitrogens is 1. The lowest BCUT2D eigenvalue weighted by atomic mass is 10.2. The van der Waals surface area contributed by atoms with Crippen molar-refractivity contribution < 1.29 is 14.4 Å². The summed E-state index contributed by atoms with van der Waals surface area (Å²) in [5, 5.41) is 13.2. The van der Waals surface area contributed by atoms with Gasteiger partial charge in [0.2, 0.25) is 0 Å². The predicted octanol–water partition coefficient (Wildman–Crippen LogP) is 3.13. The smallest absolute Gasteiger partial charge is 0.159 e. The van der Waals surface area contributed by atoms with Crippen molar-refractivity contribution in [3.05, 3.63) is 47.3 Å². The second-order valence-electron chi connectivity index (χ2n) is 4.36. The Balaban J connectivity index is 2.09. The molecule has 106 valence electrons. The molecular formula is C15H16ClNO3. The van der Waals surface area contributed by atoms with Gasteiger partial charge in [0.25, 0.3) is 0 Å². The molecule has 1 aromatic heterocycles. The normalized spacial score (nSPS) is 12.8. The molecule has 1 N–H and O–H groups in total. The number of ether oxygens (including phenoxy) is 1. The molecule has 20 heavy (non-hydrogen) atoms. The second-order valence-corrected chi connectivity index (χ2v) is 4.67. The van der Waals surface area contributed by atoms with Crippen LogP contribution < -0.4 is 4.74 Å². The molecular weight excluding hydrogens is 278 g/mol.